The molecule has 112 valence electrons. The lowest BCUT2D eigenvalue weighted by Crippen LogP contribution is -2.19. The van der Waals surface area contributed by atoms with Crippen LogP contribution in [0, 0.1) is 0 Å². The number of halogens is 2. The van der Waals surface area contributed by atoms with Crippen LogP contribution in [0.25, 0.3) is 0 Å². The first-order valence-electron chi connectivity index (χ1n) is 7.09. The van der Waals surface area contributed by atoms with E-state index in [0.717, 1.165) is 25.2 Å². The van der Waals surface area contributed by atoms with Crippen molar-refractivity contribution in [2.45, 2.75) is 6.54 Å². The molecule has 0 radical (unpaired) electrons. The third-order valence-electron chi connectivity index (χ3n) is 3.67. The Kier molecular flexibility index (Phi) is 4.63. The van der Waals surface area contributed by atoms with Crippen LogP contribution in [0.4, 0.5) is 0 Å². The summed E-state index contributed by atoms with van der Waals surface area (Å²) < 4.78 is 0. The van der Waals surface area contributed by atoms with Crippen molar-refractivity contribution in [2.75, 3.05) is 13.1 Å². The van der Waals surface area contributed by atoms with Crippen molar-refractivity contribution < 1.29 is 4.79 Å². The van der Waals surface area contributed by atoms with E-state index in [1.54, 1.807) is 18.2 Å². The quantitative estimate of drug-likeness (QED) is 0.603. The molecule has 1 heterocycles. The molecular formula is C18H15Cl2NO. The molecule has 2 aromatic rings. The summed E-state index contributed by atoms with van der Waals surface area (Å²) in [6.45, 7) is 2.77. The second-order valence-electron chi connectivity index (χ2n) is 5.32. The first-order chi connectivity index (χ1) is 10.6. The number of hydrogen-bond acceptors (Lipinski definition) is 2. The van der Waals surface area contributed by atoms with E-state index in [1.165, 1.54) is 0 Å². The van der Waals surface area contributed by atoms with Crippen molar-refractivity contribution in [3.8, 4) is 0 Å². The Labute approximate surface area is 140 Å². The SMILES string of the molecule is O=C(c1cccc(CN2CC=CC2)c1)c1ccc(Cl)c(Cl)c1. The van der Waals surface area contributed by atoms with Crippen molar-refractivity contribution in [3.05, 3.63) is 81.4 Å². The molecule has 1 aliphatic rings. The van der Waals surface area contributed by atoms with E-state index in [2.05, 4.69) is 17.1 Å². The number of hydrogen-bond donors (Lipinski definition) is 0. The van der Waals surface area contributed by atoms with Gasteiger partial charge >= 0.3 is 0 Å². The number of benzene rings is 2. The van der Waals surface area contributed by atoms with Gasteiger partial charge in [-0.05, 0) is 29.8 Å². The van der Waals surface area contributed by atoms with Gasteiger partial charge in [0.05, 0.1) is 10.0 Å². The van der Waals surface area contributed by atoms with Crippen LogP contribution < -0.4 is 0 Å². The minimum absolute atomic E-state index is 0.0417. The van der Waals surface area contributed by atoms with Gasteiger partial charge in [-0.2, -0.15) is 0 Å². The number of ketones is 1. The molecule has 0 bridgehead atoms. The Morgan fingerprint density at radius 3 is 2.41 bits per heavy atom. The molecule has 22 heavy (non-hydrogen) atoms. The summed E-state index contributed by atoms with van der Waals surface area (Å²) in [5, 5.41) is 0.848. The topological polar surface area (TPSA) is 20.3 Å². The van der Waals surface area contributed by atoms with Crippen LogP contribution in [-0.4, -0.2) is 23.8 Å². The molecule has 0 aromatic heterocycles. The van der Waals surface area contributed by atoms with Crippen LogP contribution in [0.15, 0.2) is 54.6 Å². The largest absolute Gasteiger partial charge is 0.292 e. The summed E-state index contributed by atoms with van der Waals surface area (Å²) in [5.41, 5.74) is 2.35. The lowest BCUT2D eigenvalue weighted by molar-refractivity contribution is 0.103. The van der Waals surface area contributed by atoms with Gasteiger partial charge in [-0.1, -0.05) is 53.6 Å². The van der Waals surface area contributed by atoms with Gasteiger partial charge in [0.1, 0.15) is 0 Å². The van der Waals surface area contributed by atoms with E-state index in [9.17, 15) is 4.79 Å². The summed E-state index contributed by atoms with van der Waals surface area (Å²) in [4.78, 5) is 14.9. The standard InChI is InChI=1S/C18H15Cl2NO/c19-16-7-6-15(11-17(16)20)18(22)14-5-3-4-13(10-14)12-21-8-1-2-9-21/h1-7,10-11H,8-9,12H2. The van der Waals surface area contributed by atoms with E-state index in [-0.39, 0.29) is 5.78 Å². The molecule has 0 saturated heterocycles. The van der Waals surface area contributed by atoms with Gasteiger partial charge in [-0.15, -0.1) is 0 Å². The molecule has 2 aromatic carbocycles. The molecule has 0 spiro atoms. The lowest BCUT2D eigenvalue weighted by Gasteiger charge is -2.15. The lowest BCUT2D eigenvalue weighted by atomic mass is 10.0. The average Bonchev–Trinajstić information content (AvgIpc) is 3.02. The van der Waals surface area contributed by atoms with E-state index in [1.807, 2.05) is 24.3 Å². The Bertz CT molecular complexity index is 732. The van der Waals surface area contributed by atoms with Gasteiger partial charge < -0.3 is 0 Å². The molecule has 1 aliphatic heterocycles. The smallest absolute Gasteiger partial charge is 0.193 e. The predicted octanol–water partition coefficient (Wildman–Crippen LogP) is 4.60. The fourth-order valence-corrected chi connectivity index (χ4v) is 2.82. The maximum atomic E-state index is 12.6. The Morgan fingerprint density at radius 2 is 1.68 bits per heavy atom. The molecule has 0 unspecified atom stereocenters. The minimum Gasteiger partial charge on any atom is -0.292 e. The summed E-state index contributed by atoms with van der Waals surface area (Å²) in [5.74, 6) is -0.0417. The minimum atomic E-state index is -0.0417. The molecule has 0 atom stereocenters. The molecule has 0 aliphatic carbocycles. The van der Waals surface area contributed by atoms with E-state index in [4.69, 9.17) is 23.2 Å². The zero-order valence-corrected chi connectivity index (χ0v) is 13.4. The molecule has 0 saturated carbocycles. The highest BCUT2D eigenvalue weighted by Crippen LogP contribution is 2.24. The van der Waals surface area contributed by atoms with Crippen LogP contribution in [0.5, 0.6) is 0 Å². The molecule has 3 rings (SSSR count). The van der Waals surface area contributed by atoms with Crippen LogP contribution in [0.2, 0.25) is 10.0 Å². The Morgan fingerprint density at radius 1 is 0.955 bits per heavy atom. The van der Waals surface area contributed by atoms with E-state index < -0.39 is 0 Å². The molecule has 0 N–H and O–H groups in total. The van der Waals surface area contributed by atoms with Crippen molar-refractivity contribution in [1.29, 1.82) is 0 Å². The molecule has 0 fully saturated rings. The fraction of sp³-hybridized carbons (Fsp3) is 0.167. The number of carbonyl (C=O) groups is 1. The van der Waals surface area contributed by atoms with Gasteiger partial charge in [0.2, 0.25) is 0 Å². The van der Waals surface area contributed by atoms with Crippen molar-refractivity contribution >= 4 is 29.0 Å². The van der Waals surface area contributed by atoms with Gasteiger partial charge in [0.15, 0.2) is 5.78 Å². The maximum absolute atomic E-state index is 12.6. The van der Waals surface area contributed by atoms with E-state index >= 15 is 0 Å². The average molecular weight is 332 g/mol. The highest BCUT2D eigenvalue weighted by molar-refractivity contribution is 6.42. The summed E-state index contributed by atoms with van der Waals surface area (Å²) in [6.07, 6.45) is 4.31. The summed E-state index contributed by atoms with van der Waals surface area (Å²) in [6, 6.07) is 12.7. The Balaban J connectivity index is 1.81. The third kappa shape index (κ3) is 3.41. The number of nitrogens with zero attached hydrogens (tertiary/aromatic N) is 1. The monoisotopic (exact) mass is 331 g/mol. The van der Waals surface area contributed by atoms with Crippen molar-refractivity contribution in [2.24, 2.45) is 0 Å². The first kappa shape index (κ1) is 15.3. The number of rotatable bonds is 4. The van der Waals surface area contributed by atoms with Crippen molar-refractivity contribution in [1.82, 2.24) is 4.90 Å². The highest BCUT2D eigenvalue weighted by Gasteiger charge is 2.13. The van der Waals surface area contributed by atoms with Gasteiger partial charge in [0.25, 0.3) is 0 Å². The van der Waals surface area contributed by atoms with Crippen LogP contribution >= 0.6 is 23.2 Å². The zero-order chi connectivity index (χ0) is 15.5. The summed E-state index contributed by atoms with van der Waals surface area (Å²) >= 11 is 11.9. The molecule has 4 heteroatoms. The molecule has 2 nitrogen and oxygen atoms in total. The van der Waals surface area contributed by atoms with Gasteiger partial charge in [0, 0.05) is 30.8 Å². The number of carbonyl (C=O) groups excluding carboxylic acids is 1. The summed E-state index contributed by atoms with van der Waals surface area (Å²) in [7, 11) is 0. The normalized spacial score (nSPS) is 14.5. The van der Waals surface area contributed by atoms with Crippen LogP contribution in [-0.2, 0) is 6.54 Å². The fourth-order valence-electron chi connectivity index (χ4n) is 2.52. The van der Waals surface area contributed by atoms with Crippen molar-refractivity contribution in [3.63, 3.8) is 0 Å². The zero-order valence-electron chi connectivity index (χ0n) is 11.9. The molecular weight excluding hydrogens is 317 g/mol. The van der Waals surface area contributed by atoms with Gasteiger partial charge in [-0.25, -0.2) is 0 Å². The maximum Gasteiger partial charge on any atom is 0.193 e. The van der Waals surface area contributed by atoms with Crippen LogP contribution in [0.1, 0.15) is 21.5 Å². The molecule has 0 amide bonds. The van der Waals surface area contributed by atoms with Gasteiger partial charge in [-0.3, -0.25) is 9.69 Å². The second-order valence-corrected chi connectivity index (χ2v) is 6.14. The van der Waals surface area contributed by atoms with Crippen LogP contribution in [0.3, 0.4) is 0 Å². The third-order valence-corrected chi connectivity index (χ3v) is 4.41. The first-order valence-corrected chi connectivity index (χ1v) is 7.85. The van der Waals surface area contributed by atoms with E-state index in [0.29, 0.717) is 21.2 Å². The predicted molar refractivity (Wildman–Crippen MR) is 90.8 cm³/mol. The second kappa shape index (κ2) is 6.66. The Hall–Kier alpha value is -1.61. The highest BCUT2D eigenvalue weighted by atomic mass is 35.5.